The van der Waals surface area contributed by atoms with Gasteiger partial charge in [-0.25, -0.2) is 0 Å². The molecule has 1 atom stereocenters. The number of nitriles is 1. The first kappa shape index (κ1) is 9.60. The maximum absolute atomic E-state index is 8.93. The lowest BCUT2D eigenvalue weighted by Gasteiger charge is -2.09. The molecule has 1 aromatic rings. The van der Waals surface area contributed by atoms with Crippen molar-refractivity contribution in [2.75, 3.05) is 5.73 Å². The lowest BCUT2D eigenvalue weighted by Crippen LogP contribution is -2.00. The highest BCUT2D eigenvalue weighted by atomic mass is 14.6. The smallest absolute Gasteiger partial charge is 0.0732 e. The number of nitrogen functional groups attached to an aromatic ring is 1. The van der Waals surface area contributed by atoms with Gasteiger partial charge in [0.15, 0.2) is 0 Å². The first-order valence-electron chi connectivity index (χ1n) is 4.53. The monoisotopic (exact) mass is 174 g/mol. The second-order valence-electron chi connectivity index (χ2n) is 3.10. The predicted molar refractivity (Wildman–Crippen MR) is 54.1 cm³/mol. The number of benzene rings is 1. The van der Waals surface area contributed by atoms with Gasteiger partial charge in [-0.15, -0.1) is 0 Å². The Morgan fingerprint density at radius 3 is 2.69 bits per heavy atom. The van der Waals surface area contributed by atoms with Crippen LogP contribution in [-0.2, 0) is 0 Å². The van der Waals surface area contributed by atoms with Gasteiger partial charge in [-0.05, 0) is 18.1 Å². The average molecular weight is 174 g/mol. The van der Waals surface area contributed by atoms with Gasteiger partial charge in [-0.2, -0.15) is 5.26 Å². The number of nitrogens with two attached hydrogens (primary N) is 1. The van der Waals surface area contributed by atoms with Gasteiger partial charge in [0.05, 0.1) is 12.0 Å². The normalized spacial score (nSPS) is 12.0. The first-order chi connectivity index (χ1) is 6.29. The van der Waals surface area contributed by atoms with Crippen molar-refractivity contribution in [3.8, 4) is 6.07 Å². The Labute approximate surface area is 79.0 Å². The minimum atomic E-state index is -0.0498. The van der Waals surface area contributed by atoms with E-state index < -0.39 is 0 Å². The van der Waals surface area contributed by atoms with Crippen LogP contribution in [0.25, 0.3) is 0 Å². The second-order valence-corrected chi connectivity index (χ2v) is 3.10. The molecule has 1 rings (SSSR count). The Morgan fingerprint density at radius 2 is 2.15 bits per heavy atom. The molecule has 2 N–H and O–H groups in total. The van der Waals surface area contributed by atoms with E-state index in [1.54, 1.807) is 0 Å². The highest BCUT2D eigenvalue weighted by molar-refractivity contribution is 5.50. The van der Waals surface area contributed by atoms with Crippen LogP contribution in [0.1, 0.15) is 31.2 Å². The summed E-state index contributed by atoms with van der Waals surface area (Å²) in [6.07, 6.45) is 1.89. The van der Waals surface area contributed by atoms with Gasteiger partial charge >= 0.3 is 0 Å². The van der Waals surface area contributed by atoms with E-state index >= 15 is 0 Å². The van der Waals surface area contributed by atoms with Crippen LogP contribution in [0.5, 0.6) is 0 Å². The van der Waals surface area contributed by atoms with E-state index in [0.29, 0.717) is 0 Å². The predicted octanol–water partition coefficient (Wildman–Crippen LogP) is 2.68. The highest BCUT2D eigenvalue weighted by Gasteiger charge is 2.11. The lowest BCUT2D eigenvalue weighted by atomic mass is 9.95. The van der Waals surface area contributed by atoms with Crippen molar-refractivity contribution in [1.82, 2.24) is 0 Å². The fraction of sp³-hybridized carbons (Fsp3) is 0.364. The van der Waals surface area contributed by atoms with E-state index in [0.717, 1.165) is 24.1 Å². The lowest BCUT2D eigenvalue weighted by molar-refractivity contribution is 0.729. The third-order valence-electron chi connectivity index (χ3n) is 2.10. The van der Waals surface area contributed by atoms with Crippen LogP contribution < -0.4 is 5.73 Å². The summed E-state index contributed by atoms with van der Waals surface area (Å²) in [7, 11) is 0. The van der Waals surface area contributed by atoms with Gasteiger partial charge < -0.3 is 5.73 Å². The molecule has 0 aliphatic rings. The summed E-state index contributed by atoms with van der Waals surface area (Å²) in [5.41, 5.74) is 7.47. The Hall–Kier alpha value is -1.49. The van der Waals surface area contributed by atoms with E-state index in [2.05, 4.69) is 13.0 Å². The van der Waals surface area contributed by atoms with Crippen molar-refractivity contribution in [1.29, 1.82) is 5.26 Å². The molecule has 13 heavy (non-hydrogen) atoms. The van der Waals surface area contributed by atoms with Gasteiger partial charge in [0.2, 0.25) is 0 Å². The van der Waals surface area contributed by atoms with E-state index in [1.165, 1.54) is 0 Å². The molecule has 0 saturated carbocycles. The summed E-state index contributed by atoms with van der Waals surface area (Å²) in [6, 6.07) is 9.86. The highest BCUT2D eigenvalue weighted by Crippen LogP contribution is 2.25. The summed E-state index contributed by atoms with van der Waals surface area (Å²) >= 11 is 0. The third-order valence-corrected chi connectivity index (χ3v) is 2.10. The second kappa shape index (κ2) is 4.51. The molecule has 0 saturated heterocycles. The molecule has 0 radical (unpaired) electrons. The molecule has 0 amide bonds. The standard InChI is InChI=1S/C11H14N2/c1-2-5-9(8-12)10-6-3-4-7-11(10)13/h3-4,6-7,9H,2,5,13H2,1H3. The summed E-state index contributed by atoms with van der Waals surface area (Å²) in [4.78, 5) is 0. The van der Waals surface area contributed by atoms with Gasteiger partial charge in [-0.3, -0.25) is 0 Å². The molecular weight excluding hydrogens is 160 g/mol. The number of hydrogen-bond acceptors (Lipinski definition) is 2. The maximum Gasteiger partial charge on any atom is 0.0732 e. The summed E-state index contributed by atoms with van der Waals surface area (Å²) in [5.74, 6) is -0.0498. The average Bonchev–Trinajstić information content (AvgIpc) is 2.16. The van der Waals surface area contributed by atoms with Crippen LogP contribution in [0.15, 0.2) is 24.3 Å². The minimum absolute atomic E-state index is 0.0498. The fourth-order valence-electron chi connectivity index (χ4n) is 1.41. The molecule has 0 aliphatic heterocycles. The zero-order valence-corrected chi connectivity index (χ0v) is 7.83. The molecule has 0 heterocycles. The van der Waals surface area contributed by atoms with Crippen LogP contribution in [0.2, 0.25) is 0 Å². The molecule has 1 aromatic carbocycles. The molecule has 0 aliphatic carbocycles. The molecule has 1 unspecified atom stereocenters. The quantitative estimate of drug-likeness (QED) is 0.716. The molecule has 2 heteroatoms. The topological polar surface area (TPSA) is 49.8 Å². The SMILES string of the molecule is CCCC(C#N)c1ccccc1N. The molecule has 68 valence electrons. The first-order valence-corrected chi connectivity index (χ1v) is 4.53. The van der Waals surface area contributed by atoms with Gasteiger partial charge in [-0.1, -0.05) is 31.5 Å². The van der Waals surface area contributed by atoms with Crippen molar-refractivity contribution in [3.63, 3.8) is 0 Å². The number of nitrogens with zero attached hydrogens (tertiary/aromatic N) is 1. The molecule has 0 aromatic heterocycles. The van der Waals surface area contributed by atoms with Crippen LogP contribution in [0.4, 0.5) is 5.69 Å². The molecule has 0 bridgehead atoms. The Kier molecular flexibility index (Phi) is 3.33. The van der Waals surface area contributed by atoms with Crippen molar-refractivity contribution in [2.45, 2.75) is 25.7 Å². The van der Waals surface area contributed by atoms with Crippen LogP contribution in [0, 0.1) is 11.3 Å². The van der Waals surface area contributed by atoms with Crippen molar-refractivity contribution < 1.29 is 0 Å². The van der Waals surface area contributed by atoms with Crippen LogP contribution >= 0.6 is 0 Å². The number of hydrogen-bond donors (Lipinski definition) is 1. The van der Waals surface area contributed by atoms with Gasteiger partial charge in [0, 0.05) is 5.69 Å². The summed E-state index contributed by atoms with van der Waals surface area (Å²) in [5, 5.41) is 8.93. The van der Waals surface area contributed by atoms with E-state index in [9.17, 15) is 0 Å². The number of anilines is 1. The number of para-hydroxylation sites is 1. The molecule has 0 spiro atoms. The van der Waals surface area contributed by atoms with Crippen LogP contribution in [0.3, 0.4) is 0 Å². The molecule has 2 nitrogen and oxygen atoms in total. The summed E-state index contributed by atoms with van der Waals surface area (Å²) < 4.78 is 0. The molecule has 0 fully saturated rings. The Bertz CT molecular complexity index is 312. The van der Waals surface area contributed by atoms with Crippen molar-refractivity contribution in [2.24, 2.45) is 0 Å². The zero-order valence-electron chi connectivity index (χ0n) is 7.83. The maximum atomic E-state index is 8.93. The Morgan fingerprint density at radius 1 is 1.46 bits per heavy atom. The van der Waals surface area contributed by atoms with E-state index in [-0.39, 0.29) is 5.92 Å². The van der Waals surface area contributed by atoms with Gasteiger partial charge in [0.1, 0.15) is 0 Å². The van der Waals surface area contributed by atoms with Crippen molar-refractivity contribution in [3.05, 3.63) is 29.8 Å². The fourth-order valence-corrected chi connectivity index (χ4v) is 1.41. The minimum Gasteiger partial charge on any atom is -0.398 e. The van der Waals surface area contributed by atoms with Crippen LogP contribution in [-0.4, -0.2) is 0 Å². The Balaban J connectivity index is 2.92. The third kappa shape index (κ3) is 2.22. The summed E-state index contributed by atoms with van der Waals surface area (Å²) in [6.45, 7) is 2.07. The number of rotatable bonds is 3. The zero-order chi connectivity index (χ0) is 9.68. The van der Waals surface area contributed by atoms with E-state index in [1.807, 2.05) is 24.3 Å². The van der Waals surface area contributed by atoms with E-state index in [4.69, 9.17) is 11.0 Å². The van der Waals surface area contributed by atoms with Gasteiger partial charge in [0.25, 0.3) is 0 Å². The molecular formula is C11H14N2. The van der Waals surface area contributed by atoms with Crippen molar-refractivity contribution >= 4 is 5.69 Å². The largest absolute Gasteiger partial charge is 0.398 e.